The van der Waals surface area contributed by atoms with Crippen molar-refractivity contribution < 1.29 is 32.5 Å². The van der Waals surface area contributed by atoms with Gasteiger partial charge in [0.05, 0.1) is 18.7 Å². The lowest BCUT2D eigenvalue weighted by molar-refractivity contribution is -0.0565. The van der Waals surface area contributed by atoms with E-state index in [0.29, 0.717) is 6.07 Å². The fraction of sp³-hybridized carbons (Fsp3) is 0.529. The molecular formula is C17H22F2N2O5. The number of rotatable bonds is 8. The first-order valence-corrected chi connectivity index (χ1v) is 7.75. The van der Waals surface area contributed by atoms with Gasteiger partial charge >= 0.3 is 6.09 Å². The lowest BCUT2D eigenvalue weighted by Crippen LogP contribution is -2.41. The molecule has 1 aromatic carbocycles. The van der Waals surface area contributed by atoms with E-state index < -0.39 is 35.2 Å². The van der Waals surface area contributed by atoms with Gasteiger partial charge in [-0.25, -0.2) is 13.6 Å². The van der Waals surface area contributed by atoms with Crippen LogP contribution in [0.3, 0.4) is 0 Å². The Morgan fingerprint density at radius 2 is 2.04 bits per heavy atom. The predicted molar refractivity (Wildman–Crippen MR) is 87.6 cm³/mol. The van der Waals surface area contributed by atoms with Crippen LogP contribution in [0.4, 0.5) is 13.6 Å². The van der Waals surface area contributed by atoms with Crippen molar-refractivity contribution in [2.24, 2.45) is 0 Å². The Kier molecular flexibility index (Phi) is 8.22. The summed E-state index contributed by atoms with van der Waals surface area (Å²) in [5.41, 5.74) is -0.999. The van der Waals surface area contributed by atoms with Crippen molar-refractivity contribution in [2.75, 3.05) is 27.1 Å². The highest BCUT2D eigenvalue weighted by atomic mass is 19.1. The van der Waals surface area contributed by atoms with Crippen molar-refractivity contribution >= 4 is 6.09 Å². The molecule has 0 unspecified atom stereocenters. The van der Waals surface area contributed by atoms with Crippen LogP contribution in [0, 0.1) is 23.0 Å². The van der Waals surface area contributed by atoms with E-state index in [-0.39, 0.29) is 25.5 Å². The molecule has 0 spiro atoms. The number of benzene rings is 1. The molecule has 0 aliphatic rings. The highest BCUT2D eigenvalue weighted by molar-refractivity contribution is 5.67. The third-order valence-electron chi connectivity index (χ3n) is 2.79. The van der Waals surface area contributed by atoms with Gasteiger partial charge in [-0.05, 0) is 26.8 Å². The van der Waals surface area contributed by atoms with E-state index in [0.717, 1.165) is 6.07 Å². The second-order valence-electron chi connectivity index (χ2n) is 6.28. The van der Waals surface area contributed by atoms with Crippen molar-refractivity contribution in [1.29, 1.82) is 5.26 Å². The molecule has 0 bridgehead atoms. The number of nitrogens with one attached hydrogen (secondary N) is 1. The maximum atomic E-state index is 14.0. The molecular weight excluding hydrogens is 350 g/mol. The van der Waals surface area contributed by atoms with Crippen LogP contribution < -0.4 is 10.1 Å². The number of amides is 1. The second kappa shape index (κ2) is 9.89. The van der Waals surface area contributed by atoms with Crippen molar-refractivity contribution in [2.45, 2.75) is 32.5 Å². The molecule has 1 N–H and O–H groups in total. The number of hydrogen-bond donors (Lipinski definition) is 1. The quantitative estimate of drug-likeness (QED) is 0.557. The van der Waals surface area contributed by atoms with E-state index in [1.54, 1.807) is 26.8 Å². The second-order valence-corrected chi connectivity index (χ2v) is 6.28. The number of carbonyl (C=O) groups is 1. The number of carbonyl (C=O) groups excluding carboxylic acids is 1. The Morgan fingerprint density at radius 1 is 1.35 bits per heavy atom. The average Bonchev–Trinajstić information content (AvgIpc) is 2.52. The maximum Gasteiger partial charge on any atom is 0.407 e. The minimum Gasteiger partial charge on any atom is -0.482 e. The molecule has 9 heteroatoms. The summed E-state index contributed by atoms with van der Waals surface area (Å²) < 4.78 is 47.7. The standard InChI is InChI=1S/C17H22F2N2O5/c1-17(2,3)26-16(22)21-8-13(9-24-10-23-4)25-15-11(7-20)5-12(18)6-14(15)19/h5-6,13H,8-10H2,1-4H3,(H,21,22)/t13-/m0/s1. The molecule has 1 rings (SSSR count). The zero-order valence-electron chi connectivity index (χ0n) is 15.1. The van der Waals surface area contributed by atoms with Crippen LogP contribution in [0.5, 0.6) is 5.75 Å². The number of nitriles is 1. The van der Waals surface area contributed by atoms with Crippen LogP contribution in [0.25, 0.3) is 0 Å². The molecule has 7 nitrogen and oxygen atoms in total. The number of ether oxygens (including phenoxy) is 4. The van der Waals surface area contributed by atoms with E-state index in [9.17, 15) is 13.6 Å². The molecule has 0 fully saturated rings. The molecule has 0 aliphatic carbocycles. The molecule has 26 heavy (non-hydrogen) atoms. The van der Waals surface area contributed by atoms with Crippen LogP contribution in [-0.4, -0.2) is 44.9 Å². The number of methoxy groups -OCH3 is 1. The number of alkyl carbamates (subject to hydrolysis) is 1. The van der Waals surface area contributed by atoms with Crippen LogP contribution in [0.1, 0.15) is 26.3 Å². The van der Waals surface area contributed by atoms with Gasteiger partial charge in [-0.15, -0.1) is 0 Å². The molecule has 1 amide bonds. The van der Waals surface area contributed by atoms with Gasteiger partial charge in [0.2, 0.25) is 0 Å². The molecule has 1 atom stereocenters. The highest BCUT2D eigenvalue weighted by Gasteiger charge is 2.21. The molecule has 0 aromatic heterocycles. The molecule has 0 aliphatic heterocycles. The molecule has 0 saturated carbocycles. The van der Waals surface area contributed by atoms with E-state index in [1.165, 1.54) is 7.11 Å². The number of hydrogen-bond acceptors (Lipinski definition) is 6. The monoisotopic (exact) mass is 372 g/mol. The van der Waals surface area contributed by atoms with E-state index in [4.69, 9.17) is 24.2 Å². The first-order valence-electron chi connectivity index (χ1n) is 7.75. The van der Waals surface area contributed by atoms with Gasteiger partial charge in [-0.3, -0.25) is 0 Å². The molecule has 1 aromatic rings. The summed E-state index contributed by atoms with van der Waals surface area (Å²) in [4.78, 5) is 11.7. The zero-order chi connectivity index (χ0) is 19.7. The van der Waals surface area contributed by atoms with Gasteiger partial charge in [0.25, 0.3) is 0 Å². The number of nitrogens with zero attached hydrogens (tertiary/aromatic N) is 1. The first-order chi connectivity index (χ1) is 12.2. The first kappa shape index (κ1) is 21.6. The zero-order valence-corrected chi connectivity index (χ0v) is 15.1. The summed E-state index contributed by atoms with van der Waals surface area (Å²) in [6.07, 6.45) is -1.57. The Hall–Kier alpha value is -2.44. The van der Waals surface area contributed by atoms with Gasteiger partial charge in [-0.2, -0.15) is 5.26 Å². The van der Waals surface area contributed by atoms with Gasteiger partial charge in [0.15, 0.2) is 11.6 Å². The normalized spacial score (nSPS) is 12.2. The Morgan fingerprint density at radius 3 is 2.62 bits per heavy atom. The van der Waals surface area contributed by atoms with Crippen molar-refractivity contribution in [1.82, 2.24) is 5.32 Å². The van der Waals surface area contributed by atoms with Gasteiger partial charge in [0.1, 0.15) is 30.4 Å². The maximum absolute atomic E-state index is 14.0. The van der Waals surface area contributed by atoms with Crippen molar-refractivity contribution in [3.05, 3.63) is 29.3 Å². The number of halogens is 2. The Labute approximate surface area is 150 Å². The van der Waals surface area contributed by atoms with Crippen LogP contribution in [0.15, 0.2) is 12.1 Å². The van der Waals surface area contributed by atoms with Gasteiger partial charge in [-0.1, -0.05) is 0 Å². The fourth-order valence-electron chi connectivity index (χ4n) is 1.84. The lowest BCUT2D eigenvalue weighted by Gasteiger charge is -2.23. The molecule has 144 valence electrons. The van der Waals surface area contributed by atoms with E-state index in [1.807, 2.05) is 0 Å². The summed E-state index contributed by atoms with van der Waals surface area (Å²) in [7, 11) is 1.42. The summed E-state index contributed by atoms with van der Waals surface area (Å²) in [5.74, 6) is -2.35. The minimum absolute atomic E-state index is 0.0523. The molecule has 0 saturated heterocycles. The molecule has 0 heterocycles. The lowest BCUT2D eigenvalue weighted by atomic mass is 10.2. The highest BCUT2D eigenvalue weighted by Crippen LogP contribution is 2.25. The van der Waals surface area contributed by atoms with Crippen LogP contribution in [0.2, 0.25) is 0 Å². The van der Waals surface area contributed by atoms with Crippen LogP contribution >= 0.6 is 0 Å². The SMILES string of the molecule is COCOC[C@H](CNC(=O)OC(C)(C)C)Oc1c(F)cc(F)cc1C#N. The summed E-state index contributed by atoms with van der Waals surface area (Å²) in [5, 5.41) is 11.5. The smallest absolute Gasteiger partial charge is 0.407 e. The van der Waals surface area contributed by atoms with E-state index >= 15 is 0 Å². The van der Waals surface area contributed by atoms with Crippen molar-refractivity contribution in [3.63, 3.8) is 0 Å². The summed E-state index contributed by atoms with van der Waals surface area (Å²) in [6, 6.07) is 3.12. The topological polar surface area (TPSA) is 89.8 Å². The van der Waals surface area contributed by atoms with Crippen molar-refractivity contribution in [3.8, 4) is 11.8 Å². The average molecular weight is 372 g/mol. The summed E-state index contributed by atoms with van der Waals surface area (Å²) in [6.45, 7) is 4.88. The van der Waals surface area contributed by atoms with Gasteiger partial charge in [0, 0.05) is 13.2 Å². The Bertz CT molecular complexity index is 656. The Balaban J connectivity index is 2.84. The van der Waals surface area contributed by atoms with E-state index in [2.05, 4.69) is 5.32 Å². The largest absolute Gasteiger partial charge is 0.482 e. The minimum atomic E-state index is -1.03. The fourth-order valence-corrected chi connectivity index (χ4v) is 1.84. The van der Waals surface area contributed by atoms with Gasteiger partial charge < -0.3 is 24.3 Å². The summed E-state index contributed by atoms with van der Waals surface area (Å²) >= 11 is 0. The predicted octanol–water partition coefficient (Wildman–Crippen LogP) is 2.73. The molecule has 0 radical (unpaired) electrons. The van der Waals surface area contributed by atoms with Crippen LogP contribution in [-0.2, 0) is 14.2 Å². The third-order valence-corrected chi connectivity index (χ3v) is 2.79. The third kappa shape index (κ3) is 7.63.